The maximum absolute atomic E-state index is 5.30. The van der Waals surface area contributed by atoms with Crippen molar-refractivity contribution in [2.24, 2.45) is 0 Å². The molecular weight excluding hydrogens is 1190 g/mol. The lowest BCUT2D eigenvalue weighted by molar-refractivity contribution is 1.10. The van der Waals surface area contributed by atoms with Gasteiger partial charge in [-0.15, -0.1) is 10.2 Å². The molecule has 9 heteroatoms. The van der Waals surface area contributed by atoms with Crippen molar-refractivity contribution < 1.29 is 0 Å². The first kappa shape index (κ1) is 56.2. The highest BCUT2D eigenvalue weighted by Gasteiger charge is 2.21. The van der Waals surface area contributed by atoms with Gasteiger partial charge >= 0.3 is 0 Å². The van der Waals surface area contributed by atoms with Crippen LogP contribution in [-0.2, 0) is 0 Å². The van der Waals surface area contributed by atoms with Gasteiger partial charge in [0.1, 0.15) is 10.0 Å². The number of hydrogen-bond acceptors (Lipinski definition) is 7. The molecule has 8 nitrogen and oxygen atoms in total. The summed E-state index contributed by atoms with van der Waals surface area (Å²) in [5.41, 5.74) is 20.5. The van der Waals surface area contributed by atoms with Crippen LogP contribution < -0.4 is 0 Å². The Kier molecular flexibility index (Phi) is 13.6. The minimum Gasteiger partial charge on any atom is -0.309 e. The molecule has 0 spiro atoms. The fourth-order valence-electron chi connectivity index (χ4n) is 14.0. The molecule has 0 N–H and O–H groups in total. The van der Waals surface area contributed by atoms with E-state index in [2.05, 4.69) is 308 Å². The fraction of sp³-hybridized carbons (Fsp3) is 0.0115. The van der Waals surface area contributed by atoms with Gasteiger partial charge in [-0.1, -0.05) is 242 Å². The predicted molar refractivity (Wildman–Crippen MR) is 401 cm³/mol. The van der Waals surface area contributed by atoms with E-state index in [4.69, 9.17) is 30.1 Å². The van der Waals surface area contributed by atoms with Crippen molar-refractivity contribution in [3.63, 3.8) is 0 Å². The summed E-state index contributed by atoms with van der Waals surface area (Å²) in [5, 5.41) is 23.0. The molecule has 5 aromatic heterocycles. The Bertz CT molecular complexity index is 6220. The van der Waals surface area contributed by atoms with E-state index in [1.54, 1.807) is 11.3 Å². The largest absolute Gasteiger partial charge is 0.309 e. The first-order valence-corrected chi connectivity index (χ1v) is 33.0. The molecule has 96 heavy (non-hydrogen) atoms. The van der Waals surface area contributed by atoms with Gasteiger partial charge in [0.2, 0.25) is 0 Å². The molecule has 5 heterocycles. The van der Waals surface area contributed by atoms with Crippen molar-refractivity contribution in [2.45, 2.75) is 6.92 Å². The topological polar surface area (TPSA) is 87.2 Å². The summed E-state index contributed by atoms with van der Waals surface area (Å²) >= 11 is 1.60. The van der Waals surface area contributed by atoms with Crippen LogP contribution in [0.15, 0.2) is 316 Å². The molecule has 0 saturated heterocycles. The summed E-state index contributed by atoms with van der Waals surface area (Å²) in [6, 6.07) is 103. The summed E-state index contributed by atoms with van der Waals surface area (Å²) in [7, 11) is 0. The van der Waals surface area contributed by atoms with Crippen LogP contribution in [0.25, 0.3) is 176 Å². The third-order valence-corrected chi connectivity index (χ3v) is 19.7. The maximum atomic E-state index is 5.30. The van der Waals surface area contributed by atoms with Gasteiger partial charge in [-0.2, -0.15) is 0 Å². The number of fused-ring (bicyclic) bond motifs is 10. The van der Waals surface area contributed by atoms with E-state index in [1.165, 1.54) is 43.4 Å². The van der Waals surface area contributed by atoms with Crippen molar-refractivity contribution in [3.8, 4) is 77.7 Å². The van der Waals surface area contributed by atoms with E-state index in [9.17, 15) is 0 Å². The Hall–Kier alpha value is -12.6. The van der Waals surface area contributed by atoms with Gasteiger partial charge in [0.05, 0.1) is 44.5 Å². The van der Waals surface area contributed by atoms with E-state index < -0.39 is 0 Å². The van der Waals surface area contributed by atoms with Gasteiger partial charge in [-0.25, -0.2) is 19.9 Å². The number of nitrogens with zero attached hydrogens (tertiary/aromatic N) is 8. The molecule has 0 unspecified atom stereocenters. The van der Waals surface area contributed by atoms with Gasteiger partial charge in [0, 0.05) is 71.5 Å². The first-order chi connectivity index (χ1) is 47.4. The smallest absolute Gasteiger partial charge is 0.160 e. The van der Waals surface area contributed by atoms with Crippen molar-refractivity contribution in [2.75, 3.05) is 0 Å². The number of benzene rings is 13. The van der Waals surface area contributed by atoms with Gasteiger partial charge < -0.3 is 9.13 Å². The average Bonchev–Trinajstić information content (AvgIpc) is 1.57. The molecular formula is C87H56N8S. The maximum Gasteiger partial charge on any atom is 0.160 e. The summed E-state index contributed by atoms with van der Waals surface area (Å²) < 4.78 is 4.69. The summed E-state index contributed by atoms with van der Waals surface area (Å²) in [5.74, 6) is 1.33. The molecule has 0 radical (unpaired) electrons. The zero-order chi connectivity index (χ0) is 63.8. The highest BCUT2D eigenvalue weighted by Crippen LogP contribution is 2.41. The van der Waals surface area contributed by atoms with Gasteiger partial charge in [0.15, 0.2) is 11.6 Å². The molecule has 450 valence electrons. The number of para-hydroxylation sites is 4. The second kappa shape index (κ2) is 23.2. The number of aromatic nitrogens is 8. The highest BCUT2D eigenvalue weighted by molar-refractivity contribution is 7.18. The third kappa shape index (κ3) is 9.67. The standard InChI is InChI=1S/C87H56N8S/c1-3-55(66-28-16-20-56-18-4-6-22-67(56)66)35-34-54(2)82-74-26-8-12-30-76(74)88-84(90-82)60-40-46-64(47-41-60)94-78-32-14-10-24-70(78)72-50-44-62(52-80(72)94)86-92-93-87(96-86)63-45-51-73-71-25-11-15-33-79(71)95(81(73)53-63)65-48-42-61(43-49-65)85-89-77-31-13-9-27-75(77)83(91-85)59-38-36-58(37-39-59)69-29-17-21-57-19-5-7-23-68(57)69/h3-53H,1H2,2H3/b54-34+,55-35+. The van der Waals surface area contributed by atoms with E-state index in [-0.39, 0.29) is 0 Å². The van der Waals surface area contributed by atoms with Gasteiger partial charge in [0.25, 0.3) is 0 Å². The number of allylic oxidation sites excluding steroid dienone is 5. The van der Waals surface area contributed by atoms with Crippen LogP contribution in [0.3, 0.4) is 0 Å². The lowest BCUT2D eigenvalue weighted by Crippen LogP contribution is -1.98. The summed E-state index contributed by atoms with van der Waals surface area (Å²) in [6.07, 6.45) is 6.22. The number of hydrogen-bond donors (Lipinski definition) is 0. The fourth-order valence-corrected chi connectivity index (χ4v) is 14.8. The molecule has 0 aliphatic carbocycles. The Morgan fingerprint density at radius 1 is 0.354 bits per heavy atom. The van der Waals surface area contributed by atoms with Crippen LogP contribution >= 0.6 is 11.3 Å². The molecule has 13 aromatic carbocycles. The van der Waals surface area contributed by atoms with Crippen molar-refractivity contribution >= 4 is 109 Å². The lowest BCUT2D eigenvalue weighted by atomic mass is 9.96. The van der Waals surface area contributed by atoms with Crippen LogP contribution in [0.4, 0.5) is 0 Å². The van der Waals surface area contributed by atoms with Crippen LogP contribution in [0, 0.1) is 0 Å². The van der Waals surface area contributed by atoms with Gasteiger partial charge in [-0.05, 0) is 141 Å². The van der Waals surface area contributed by atoms with E-state index in [0.717, 1.165) is 132 Å². The van der Waals surface area contributed by atoms with E-state index in [0.29, 0.717) is 11.6 Å². The van der Waals surface area contributed by atoms with E-state index >= 15 is 0 Å². The highest BCUT2D eigenvalue weighted by atomic mass is 32.1. The van der Waals surface area contributed by atoms with E-state index in [1.807, 2.05) is 24.3 Å². The quantitative estimate of drug-likeness (QED) is 0.113. The second-order valence-corrected chi connectivity index (χ2v) is 25.3. The molecule has 18 rings (SSSR count). The van der Waals surface area contributed by atoms with Crippen LogP contribution in [0.1, 0.15) is 18.2 Å². The average molecular weight is 1250 g/mol. The second-order valence-electron chi connectivity index (χ2n) is 24.3. The lowest BCUT2D eigenvalue weighted by Gasteiger charge is -2.12. The van der Waals surface area contributed by atoms with Crippen molar-refractivity contribution in [1.82, 2.24) is 39.3 Å². The Morgan fingerprint density at radius 3 is 1.41 bits per heavy atom. The predicted octanol–water partition coefficient (Wildman–Crippen LogP) is 22.6. The Balaban J connectivity index is 0.653. The molecule has 0 bridgehead atoms. The normalized spacial score (nSPS) is 12.2. The first-order valence-electron chi connectivity index (χ1n) is 32.2. The molecule has 0 saturated carbocycles. The summed E-state index contributed by atoms with van der Waals surface area (Å²) in [4.78, 5) is 20.9. The molecule has 0 aliphatic rings. The Morgan fingerprint density at radius 2 is 0.802 bits per heavy atom. The molecule has 18 aromatic rings. The minimum absolute atomic E-state index is 0.662. The van der Waals surface area contributed by atoms with Crippen LogP contribution in [-0.4, -0.2) is 39.3 Å². The Labute approximate surface area is 557 Å². The zero-order valence-corrected chi connectivity index (χ0v) is 53.0. The third-order valence-electron chi connectivity index (χ3n) is 18.7. The molecule has 0 fully saturated rings. The minimum atomic E-state index is 0.662. The van der Waals surface area contributed by atoms with Crippen molar-refractivity contribution in [1.29, 1.82) is 0 Å². The molecule has 0 aliphatic heterocycles. The van der Waals surface area contributed by atoms with Gasteiger partial charge in [-0.3, -0.25) is 0 Å². The number of rotatable bonds is 12. The molecule has 0 amide bonds. The monoisotopic (exact) mass is 1240 g/mol. The molecule has 0 atom stereocenters. The SMILES string of the molecule is C=C/C(=C\C=C(/C)c1nc(-c2ccc(-n3c4ccccc4c4ccc(-c5nnc(-c6ccc7c8ccccc8n(-c8ccc(-c9nc(-c%10ccc(-c%11cccc%12ccccc%11%12)cc%10)c%10ccccc%10n9)cc8)c7c6)s5)cc43)cc2)nc2ccccc12)c1cccc2ccccc12. The zero-order valence-electron chi connectivity index (χ0n) is 52.1. The van der Waals surface area contributed by atoms with Crippen molar-refractivity contribution in [3.05, 3.63) is 327 Å². The van der Waals surface area contributed by atoms with Crippen LogP contribution in [0.5, 0.6) is 0 Å². The summed E-state index contributed by atoms with van der Waals surface area (Å²) in [6.45, 7) is 6.32. The van der Waals surface area contributed by atoms with Crippen LogP contribution in [0.2, 0.25) is 0 Å².